The van der Waals surface area contributed by atoms with Crippen LogP contribution in [0.5, 0.6) is 0 Å². The fourth-order valence-electron chi connectivity index (χ4n) is 2.81. The van der Waals surface area contributed by atoms with E-state index in [1.165, 1.54) is 0 Å². The predicted molar refractivity (Wildman–Crippen MR) is 74.5 cm³/mol. The summed E-state index contributed by atoms with van der Waals surface area (Å²) in [6, 6.07) is 9.47. The summed E-state index contributed by atoms with van der Waals surface area (Å²) in [5, 5.41) is 3.33. The van der Waals surface area contributed by atoms with Crippen molar-refractivity contribution in [1.82, 2.24) is 15.2 Å². The van der Waals surface area contributed by atoms with Gasteiger partial charge in [0, 0.05) is 45.3 Å². The Bertz CT molecular complexity index is 537. The van der Waals surface area contributed by atoms with Crippen molar-refractivity contribution in [2.24, 2.45) is 0 Å². The van der Waals surface area contributed by atoms with Crippen LogP contribution in [0.25, 0.3) is 11.1 Å². The molecule has 2 fully saturated rings. The number of nitrogens with zero attached hydrogens (tertiary/aromatic N) is 3. The zero-order valence-corrected chi connectivity index (χ0v) is 10.9. The Morgan fingerprint density at radius 2 is 1.89 bits per heavy atom. The average molecular weight is 258 g/mol. The highest BCUT2D eigenvalue weighted by atomic mass is 16.4. The predicted octanol–water partition coefficient (Wildman–Crippen LogP) is 0.922. The maximum Gasteiger partial charge on any atom is 0.298 e. The number of piperazine rings is 1. The smallest absolute Gasteiger partial charge is 0.298 e. The lowest BCUT2D eigenvalue weighted by molar-refractivity contribution is 0.136. The normalized spacial score (nSPS) is 21.8. The van der Waals surface area contributed by atoms with E-state index in [0.29, 0.717) is 0 Å². The maximum atomic E-state index is 5.83. The minimum atomic E-state index is 0.741. The van der Waals surface area contributed by atoms with Gasteiger partial charge in [-0.25, -0.2) is 0 Å². The van der Waals surface area contributed by atoms with Gasteiger partial charge in [-0.2, -0.15) is 4.98 Å². The molecule has 2 aliphatic heterocycles. The molecule has 0 spiro atoms. The second-order valence-electron chi connectivity index (χ2n) is 5.30. The Kier molecular flexibility index (Phi) is 2.67. The van der Waals surface area contributed by atoms with Crippen LogP contribution in [0.4, 0.5) is 6.01 Å². The number of benzene rings is 1. The lowest BCUT2D eigenvalue weighted by Crippen LogP contribution is -2.61. The number of hydrogen-bond donors (Lipinski definition) is 1. The Morgan fingerprint density at radius 1 is 1.11 bits per heavy atom. The summed E-state index contributed by atoms with van der Waals surface area (Å²) in [6.45, 7) is 6.49. The first kappa shape index (κ1) is 11.3. The molecule has 2 saturated heterocycles. The molecular formula is C14H18N4O. The van der Waals surface area contributed by atoms with Gasteiger partial charge in [0.25, 0.3) is 6.01 Å². The molecule has 0 unspecified atom stereocenters. The van der Waals surface area contributed by atoms with E-state index in [0.717, 1.165) is 62.4 Å². The molecule has 5 heteroatoms. The number of anilines is 1. The van der Waals surface area contributed by atoms with Crippen molar-refractivity contribution in [2.75, 3.05) is 44.2 Å². The van der Waals surface area contributed by atoms with Crippen LogP contribution >= 0.6 is 0 Å². The molecule has 2 aromatic rings. The van der Waals surface area contributed by atoms with Crippen molar-refractivity contribution < 1.29 is 4.42 Å². The number of nitrogens with one attached hydrogen (secondary N) is 1. The summed E-state index contributed by atoms with van der Waals surface area (Å²) < 4.78 is 5.83. The molecule has 3 heterocycles. The second-order valence-corrected chi connectivity index (χ2v) is 5.30. The molecule has 0 amide bonds. The van der Waals surface area contributed by atoms with E-state index in [1.54, 1.807) is 0 Å². The van der Waals surface area contributed by atoms with E-state index in [-0.39, 0.29) is 0 Å². The SMILES string of the molecule is c1ccc2oc(N3CCN(C4CNC4)CC3)nc2c1. The van der Waals surface area contributed by atoms with Crippen LogP contribution < -0.4 is 10.2 Å². The van der Waals surface area contributed by atoms with Gasteiger partial charge >= 0.3 is 0 Å². The summed E-state index contributed by atoms with van der Waals surface area (Å²) in [5.74, 6) is 0. The van der Waals surface area contributed by atoms with Gasteiger partial charge < -0.3 is 14.6 Å². The molecule has 0 atom stereocenters. The Morgan fingerprint density at radius 3 is 2.58 bits per heavy atom. The first-order valence-corrected chi connectivity index (χ1v) is 6.95. The van der Waals surface area contributed by atoms with Crippen molar-refractivity contribution >= 4 is 17.1 Å². The summed E-state index contributed by atoms with van der Waals surface area (Å²) in [4.78, 5) is 9.39. The van der Waals surface area contributed by atoms with Crippen LogP contribution in [0.3, 0.4) is 0 Å². The van der Waals surface area contributed by atoms with Crippen molar-refractivity contribution in [1.29, 1.82) is 0 Å². The van der Waals surface area contributed by atoms with Gasteiger partial charge in [0.15, 0.2) is 5.58 Å². The average Bonchev–Trinajstić information content (AvgIpc) is 2.81. The minimum absolute atomic E-state index is 0.741. The van der Waals surface area contributed by atoms with E-state index in [9.17, 15) is 0 Å². The van der Waals surface area contributed by atoms with Gasteiger partial charge in [-0.15, -0.1) is 0 Å². The highest BCUT2D eigenvalue weighted by molar-refractivity contribution is 5.74. The summed E-state index contributed by atoms with van der Waals surface area (Å²) in [5.41, 5.74) is 1.83. The maximum absolute atomic E-state index is 5.83. The quantitative estimate of drug-likeness (QED) is 0.868. The molecule has 1 aromatic carbocycles. The van der Waals surface area contributed by atoms with E-state index >= 15 is 0 Å². The fraction of sp³-hybridized carbons (Fsp3) is 0.500. The molecule has 5 nitrogen and oxygen atoms in total. The molecule has 100 valence electrons. The molecule has 19 heavy (non-hydrogen) atoms. The third-order valence-electron chi connectivity index (χ3n) is 4.14. The monoisotopic (exact) mass is 258 g/mol. The molecule has 4 rings (SSSR count). The van der Waals surface area contributed by atoms with E-state index < -0.39 is 0 Å². The van der Waals surface area contributed by atoms with Gasteiger partial charge in [-0.3, -0.25) is 4.90 Å². The highest BCUT2D eigenvalue weighted by Gasteiger charge is 2.28. The van der Waals surface area contributed by atoms with Gasteiger partial charge in [0.2, 0.25) is 0 Å². The van der Waals surface area contributed by atoms with Crippen LogP contribution in [-0.2, 0) is 0 Å². The van der Waals surface area contributed by atoms with Gasteiger partial charge in [-0.1, -0.05) is 12.1 Å². The van der Waals surface area contributed by atoms with Crippen LogP contribution in [0.1, 0.15) is 0 Å². The number of fused-ring (bicyclic) bond motifs is 1. The molecule has 1 N–H and O–H groups in total. The van der Waals surface area contributed by atoms with Crippen molar-refractivity contribution in [3.63, 3.8) is 0 Å². The number of oxazole rings is 1. The fourth-order valence-corrected chi connectivity index (χ4v) is 2.81. The number of hydrogen-bond acceptors (Lipinski definition) is 5. The summed E-state index contributed by atoms with van der Waals surface area (Å²) in [6.07, 6.45) is 0. The lowest BCUT2D eigenvalue weighted by atomic mass is 10.1. The van der Waals surface area contributed by atoms with Crippen LogP contribution in [0.15, 0.2) is 28.7 Å². The van der Waals surface area contributed by atoms with E-state index in [2.05, 4.69) is 20.1 Å². The minimum Gasteiger partial charge on any atom is -0.423 e. The second kappa shape index (κ2) is 4.51. The molecular weight excluding hydrogens is 240 g/mol. The van der Waals surface area contributed by atoms with Gasteiger partial charge in [-0.05, 0) is 12.1 Å². The van der Waals surface area contributed by atoms with Crippen LogP contribution in [0.2, 0.25) is 0 Å². The molecule has 0 radical (unpaired) electrons. The van der Waals surface area contributed by atoms with Crippen LogP contribution in [-0.4, -0.2) is 55.2 Å². The van der Waals surface area contributed by atoms with Crippen molar-refractivity contribution in [3.05, 3.63) is 24.3 Å². The van der Waals surface area contributed by atoms with E-state index in [4.69, 9.17) is 4.42 Å². The first-order chi connectivity index (χ1) is 9.40. The molecule has 1 aromatic heterocycles. The van der Waals surface area contributed by atoms with Crippen molar-refractivity contribution in [3.8, 4) is 0 Å². The topological polar surface area (TPSA) is 44.5 Å². The number of para-hydroxylation sites is 2. The van der Waals surface area contributed by atoms with Gasteiger partial charge in [0.05, 0.1) is 0 Å². The number of aromatic nitrogens is 1. The first-order valence-electron chi connectivity index (χ1n) is 6.95. The lowest BCUT2D eigenvalue weighted by Gasteiger charge is -2.42. The molecule has 2 aliphatic rings. The summed E-state index contributed by atoms with van der Waals surface area (Å²) >= 11 is 0. The van der Waals surface area contributed by atoms with E-state index in [1.807, 2.05) is 24.3 Å². The van der Waals surface area contributed by atoms with Gasteiger partial charge in [0.1, 0.15) is 5.52 Å². The largest absolute Gasteiger partial charge is 0.423 e. The third-order valence-corrected chi connectivity index (χ3v) is 4.14. The molecule has 0 saturated carbocycles. The third kappa shape index (κ3) is 1.99. The Balaban J connectivity index is 1.48. The van der Waals surface area contributed by atoms with Crippen molar-refractivity contribution in [2.45, 2.75) is 6.04 Å². The zero-order chi connectivity index (χ0) is 12.7. The number of rotatable bonds is 2. The Hall–Kier alpha value is -1.59. The highest BCUT2D eigenvalue weighted by Crippen LogP contribution is 2.23. The summed E-state index contributed by atoms with van der Waals surface area (Å²) in [7, 11) is 0. The standard InChI is InChI=1S/C14H18N4O/c1-2-4-13-12(3-1)16-14(19-13)18-7-5-17(6-8-18)11-9-15-10-11/h1-4,11,15H,5-10H2. The molecule has 0 aliphatic carbocycles. The Labute approximate surface area is 112 Å². The molecule has 0 bridgehead atoms. The van der Waals surface area contributed by atoms with Crippen LogP contribution in [0, 0.1) is 0 Å². The zero-order valence-electron chi connectivity index (χ0n) is 10.9.